The Morgan fingerprint density at radius 3 is 1.38 bits per heavy atom. The van der Waals surface area contributed by atoms with E-state index in [-0.39, 0.29) is 23.4 Å². The lowest BCUT2D eigenvalue weighted by Gasteiger charge is -2.48. The minimum Gasteiger partial charge on any atom is -0.375 e. The molecule has 0 N–H and O–H groups in total. The summed E-state index contributed by atoms with van der Waals surface area (Å²) in [6.07, 6.45) is 9.18. The first kappa shape index (κ1) is 17.2. The van der Waals surface area contributed by atoms with Crippen LogP contribution < -0.4 is 0 Å². The predicted molar refractivity (Wildman–Crippen MR) is 85.7 cm³/mol. The van der Waals surface area contributed by atoms with Crippen molar-refractivity contribution in [3.05, 3.63) is 0 Å². The highest BCUT2D eigenvalue weighted by Gasteiger charge is 2.49. The van der Waals surface area contributed by atoms with E-state index in [1.165, 1.54) is 12.8 Å². The van der Waals surface area contributed by atoms with Crippen LogP contribution in [0.4, 0.5) is 0 Å². The molecular weight excluding hydrogens is 264 g/mol. The summed E-state index contributed by atoms with van der Waals surface area (Å²) in [5, 5.41) is 0. The normalized spacial score (nSPS) is 27.4. The summed E-state index contributed by atoms with van der Waals surface area (Å²) in [4.78, 5) is 0. The minimum absolute atomic E-state index is 0.144. The lowest BCUT2D eigenvalue weighted by molar-refractivity contribution is -0.240. The highest BCUT2D eigenvalue weighted by Crippen LogP contribution is 2.42. The maximum atomic E-state index is 6.94. The number of rotatable bonds is 8. The fraction of sp³-hybridized carbons (Fsp3) is 1.00. The fourth-order valence-electron chi connectivity index (χ4n) is 4.22. The third-order valence-corrected chi connectivity index (χ3v) is 5.83. The summed E-state index contributed by atoms with van der Waals surface area (Å²) >= 11 is 0. The van der Waals surface area contributed by atoms with Gasteiger partial charge in [-0.05, 0) is 51.4 Å². The molecule has 0 bridgehead atoms. The van der Waals surface area contributed by atoms with E-state index in [2.05, 4.69) is 27.7 Å². The molecule has 0 spiro atoms. The van der Waals surface area contributed by atoms with Gasteiger partial charge in [0.05, 0.1) is 23.4 Å². The van der Waals surface area contributed by atoms with Gasteiger partial charge in [0.1, 0.15) is 0 Å². The molecule has 124 valence electrons. The van der Waals surface area contributed by atoms with E-state index in [9.17, 15) is 0 Å². The number of hydrogen-bond acceptors (Lipinski definition) is 3. The van der Waals surface area contributed by atoms with Gasteiger partial charge in [0, 0.05) is 13.2 Å². The first-order chi connectivity index (χ1) is 10.2. The molecule has 0 aromatic heterocycles. The molecule has 0 aromatic rings. The molecule has 2 aliphatic heterocycles. The molecule has 2 heterocycles. The maximum Gasteiger partial charge on any atom is 0.0946 e. The van der Waals surface area contributed by atoms with Crippen molar-refractivity contribution >= 4 is 0 Å². The van der Waals surface area contributed by atoms with E-state index in [1.807, 2.05) is 0 Å². The molecule has 2 atom stereocenters. The number of hydrogen-bond donors (Lipinski definition) is 0. The van der Waals surface area contributed by atoms with Gasteiger partial charge in [0.25, 0.3) is 0 Å². The Morgan fingerprint density at radius 1 is 0.762 bits per heavy atom. The molecule has 2 rings (SSSR count). The van der Waals surface area contributed by atoms with Crippen molar-refractivity contribution in [2.45, 2.75) is 102 Å². The molecule has 0 radical (unpaired) electrons. The summed E-state index contributed by atoms with van der Waals surface area (Å²) in [6, 6.07) is 0. The molecule has 2 fully saturated rings. The Hall–Kier alpha value is -0.120. The standard InChI is InChI=1S/C18H34O3/c1-5-17(6-2,15-11-9-13-19-15)21-18(7-3,8-4)16-12-10-14-20-16/h15-16H,5-14H2,1-4H3. The van der Waals surface area contributed by atoms with Gasteiger partial charge < -0.3 is 14.2 Å². The van der Waals surface area contributed by atoms with E-state index in [1.54, 1.807) is 0 Å². The van der Waals surface area contributed by atoms with Crippen LogP contribution in [0.2, 0.25) is 0 Å². The summed E-state index contributed by atoms with van der Waals surface area (Å²) in [5.41, 5.74) is -0.289. The van der Waals surface area contributed by atoms with Crippen molar-refractivity contribution in [3.63, 3.8) is 0 Å². The van der Waals surface area contributed by atoms with E-state index in [0.717, 1.165) is 51.7 Å². The molecule has 2 unspecified atom stereocenters. The van der Waals surface area contributed by atoms with Crippen LogP contribution >= 0.6 is 0 Å². The molecule has 0 saturated carbocycles. The SMILES string of the molecule is CCC(CC)(OC(CC)(CC)C1CCCO1)C1CCCO1. The van der Waals surface area contributed by atoms with Gasteiger partial charge in [0.15, 0.2) is 0 Å². The second-order valence-electron chi connectivity index (χ2n) is 6.65. The molecule has 21 heavy (non-hydrogen) atoms. The Bertz CT molecular complexity index is 266. The smallest absolute Gasteiger partial charge is 0.0946 e. The molecule has 3 heteroatoms. The lowest BCUT2D eigenvalue weighted by atomic mass is 9.83. The first-order valence-corrected chi connectivity index (χ1v) is 9.09. The molecule has 3 nitrogen and oxygen atoms in total. The first-order valence-electron chi connectivity index (χ1n) is 9.09. The fourth-order valence-corrected chi connectivity index (χ4v) is 4.22. The quantitative estimate of drug-likeness (QED) is 0.661. The highest BCUT2D eigenvalue weighted by atomic mass is 16.6. The van der Waals surface area contributed by atoms with Crippen LogP contribution in [0, 0.1) is 0 Å². The van der Waals surface area contributed by atoms with Crippen molar-refractivity contribution in [2.75, 3.05) is 13.2 Å². The van der Waals surface area contributed by atoms with Gasteiger partial charge >= 0.3 is 0 Å². The van der Waals surface area contributed by atoms with Crippen LogP contribution in [-0.4, -0.2) is 36.6 Å². The summed E-state index contributed by atoms with van der Waals surface area (Å²) in [5.74, 6) is 0. The van der Waals surface area contributed by atoms with Crippen molar-refractivity contribution in [1.29, 1.82) is 0 Å². The van der Waals surface area contributed by atoms with Gasteiger partial charge in [-0.25, -0.2) is 0 Å². The minimum atomic E-state index is -0.144. The zero-order chi connectivity index (χ0) is 15.3. The van der Waals surface area contributed by atoms with Gasteiger partial charge in [-0.3, -0.25) is 0 Å². The zero-order valence-corrected chi connectivity index (χ0v) is 14.5. The van der Waals surface area contributed by atoms with Gasteiger partial charge in [-0.2, -0.15) is 0 Å². The lowest BCUT2D eigenvalue weighted by Crippen LogP contribution is -2.55. The third-order valence-electron chi connectivity index (χ3n) is 5.83. The van der Waals surface area contributed by atoms with Gasteiger partial charge in [0.2, 0.25) is 0 Å². The van der Waals surface area contributed by atoms with Crippen molar-refractivity contribution in [3.8, 4) is 0 Å². The summed E-state index contributed by atoms with van der Waals surface area (Å²) < 4.78 is 19.0. The van der Waals surface area contributed by atoms with Crippen LogP contribution in [0.1, 0.15) is 79.1 Å². The van der Waals surface area contributed by atoms with E-state index in [0.29, 0.717) is 0 Å². The van der Waals surface area contributed by atoms with Crippen LogP contribution in [0.15, 0.2) is 0 Å². The number of ether oxygens (including phenoxy) is 3. The molecule has 2 aliphatic rings. The molecule has 0 aromatic carbocycles. The molecular formula is C18H34O3. The predicted octanol–water partition coefficient (Wildman–Crippen LogP) is 4.48. The zero-order valence-electron chi connectivity index (χ0n) is 14.5. The van der Waals surface area contributed by atoms with Crippen molar-refractivity contribution in [2.24, 2.45) is 0 Å². The second kappa shape index (κ2) is 7.43. The Balaban J connectivity index is 2.22. The van der Waals surface area contributed by atoms with Crippen molar-refractivity contribution in [1.82, 2.24) is 0 Å². The Kier molecular flexibility index (Phi) is 6.10. The third kappa shape index (κ3) is 3.30. The second-order valence-corrected chi connectivity index (χ2v) is 6.65. The van der Waals surface area contributed by atoms with Gasteiger partial charge in [-0.1, -0.05) is 27.7 Å². The van der Waals surface area contributed by atoms with E-state index < -0.39 is 0 Å². The topological polar surface area (TPSA) is 27.7 Å². The average molecular weight is 298 g/mol. The van der Waals surface area contributed by atoms with Gasteiger partial charge in [-0.15, -0.1) is 0 Å². The monoisotopic (exact) mass is 298 g/mol. The van der Waals surface area contributed by atoms with E-state index in [4.69, 9.17) is 14.2 Å². The van der Waals surface area contributed by atoms with Crippen molar-refractivity contribution < 1.29 is 14.2 Å². The Labute approximate surface area is 130 Å². The molecule has 0 amide bonds. The van der Waals surface area contributed by atoms with Crippen LogP contribution in [0.3, 0.4) is 0 Å². The van der Waals surface area contributed by atoms with E-state index >= 15 is 0 Å². The summed E-state index contributed by atoms with van der Waals surface area (Å²) in [6.45, 7) is 10.8. The summed E-state index contributed by atoms with van der Waals surface area (Å²) in [7, 11) is 0. The Morgan fingerprint density at radius 2 is 1.14 bits per heavy atom. The van der Waals surface area contributed by atoms with Crippen LogP contribution in [0.25, 0.3) is 0 Å². The van der Waals surface area contributed by atoms with Crippen LogP contribution in [-0.2, 0) is 14.2 Å². The van der Waals surface area contributed by atoms with Crippen LogP contribution in [0.5, 0.6) is 0 Å². The average Bonchev–Trinajstić information content (AvgIpc) is 3.23. The maximum absolute atomic E-state index is 6.94. The largest absolute Gasteiger partial charge is 0.375 e. The molecule has 0 aliphatic carbocycles. The highest BCUT2D eigenvalue weighted by molar-refractivity contribution is 4.98. The molecule has 2 saturated heterocycles.